The lowest BCUT2D eigenvalue weighted by atomic mass is 9.92. The average molecular weight is 179 g/mol. The van der Waals surface area contributed by atoms with E-state index in [0.717, 1.165) is 11.5 Å². The van der Waals surface area contributed by atoms with E-state index < -0.39 is 0 Å². The SMILES string of the molecule is CC(C)(C)c1cc2n(n1)CC(=O)N2. The Morgan fingerprint density at radius 2 is 2.23 bits per heavy atom. The summed E-state index contributed by atoms with van der Waals surface area (Å²) in [5.41, 5.74) is 1.06. The molecule has 0 aliphatic carbocycles. The molecule has 0 fully saturated rings. The van der Waals surface area contributed by atoms with Crippen molar-refractivity contribution in [1.29, 1.82) is 0 Å². The second kappa shape index (κ2) is 2.34. The van der Waals surface area contributed by atoms with E-state index in [1.807, 2.05) is 6.07 Å². The summed E-state index contributed by atoms with van der Waals surface area (Å²) in [6.45, 7) is 6.66. The summed E-state index contributed by atoms with van der Waals surface area (Å²) in [6.07, 6.45) is 0. The number of nitrogens with one attached hydrogen (secondary N) is 1. The van der Waals surface area contributed by atoms with Crippen LogP contribution in [0.5, 0.6) is 0 Å². The number of carbonyl (C=O) groups is 1. The molecule has 1 aliphatic rings. The van der Waals surface area contributed by atoms with Crippen molar-refractivity contribution in [1.82, 2.24) is 9.78 Å². The van der Waals surface area contributed by atoms with Crippen LogP contribution < -0.4 is 5.32 Å². The van der Waals surface area contributed by atoms with E-state index in [0.29, 0.717) is 6.54 Å². The van der Waals surface area contributed by atoms with Gasteiger partial charge in [-0.05, 0) is 0 Å². The van der Waals surface area contributed by atoms with Gasteiger partial charge in [0.25, 0.3) is 0 Å². The van der Waals surface area contributed by atoms with Gasteiger partial charge in [-0.15, -0.1) is 0 Å². The van der Waals surface area contributed by atoms with Crippen molar-refractivity contribution < 1.29 is 4.79 Å². The molecule has 2 rings (SSSR count). The Kier molecular flexibility index (Phi) is 1.49. The fourth-order valence-corrected chi connectivity index (χ4v) is 1.32. The fourth-order valence-electron chi connectivity index (χ4n) is 1.32. The highest BCUT2D eigenvalue weighted by Gasteiger charge is 2.24. The molecule has 1 aliphatic heterocycles. The third kappa shape index (κ3) is 1.32. The molecule has 13 heavy (non-hydrogen) atoms. The van der Waals surface area contributed by atoms with E-state index in [1.54, 1.807) is 4.68 Å². The van der Waals surface area contributed by atoms with Gasteiger partial charge >= 0.3 is 0 Å². The zero-order chi connectivity index (χ0) is 9.64. The second-order valence-electron chi connectivity index (χ2n) is 4.37. The van der Waals surface area contributed by atoms with Crippen molar-refractivity contribution in [3.63, 3.8) is 0 Å². The number of anilines is 1. The summed E-state index contributed by atoms with van der Waals surface area (Å²) in [5, 5.41) is 7.10. The van der Waals surface area contributed by atoms with E-state index in [-0.39, 0.29) is 11.3 Å². The second-order valence-corrected chi connectivity index (χ2v) is 4.37. The molecule has 1 aromatic heterocycles. The maximum atomic E-state index is 11.0. The van der Waals surface area contributed by atoms with Crippen LogP contribution in [-0.2, 0) is 16.8 Å². The fraction of sp³-hybridized carbons (Fsp3) is 0.556. The highest BCUT2D eigenvalue weighted by atomic mass is 16.2. The molecule has 1 aromatic rings. The summed E-state index contributed by atoms with van der Waals surface area (Å²) >= 11 is 0. The molecular weight excluding hydrogens is 166 g/mol. The first-order chi connectivity index (χ1) is 5.97. The summed E-state index contributed by atoms with van der Waals surface area (Å²) in [7, 11) is 0. The Morgan fingerprint density at radius 1 is 1.54 bits per heavy atom. The largest absolute Gasteiger partial charge is 0.309 e. The van der Waals surface area contributed by atoms with E-state index in [1.165, 1.54) is 0 Å². The lowest BCUT2D eigenvalue weighted by Crippen LogP contribution is -2.14. The first-order valence-electron chi connectivity index (χ1n) is 4.35. The molecule has 0 saturated heterocycles. The minimum atomic E-state index is 0.0166. The van der Waals surface area contributed by atoms with Crippen LogP contribution in [0.4, 0.5) is 5.82 Å². The standard InChI is InChI=1S/C9H13N3O/c1-9(2,3)6-4-7-10-8(13)5-12(7)11-6/h4H,5H2,1-3H3,(H,10,13). The van der Waals surface area contributed by atoms with Gasteiger partial charge in [-0.25, -0.2) is 4.68 Å². The Hall–Kier alpha value is -1.32. The lowest BCUT2D eigenvalue weighted by Gasteiger charge is -2.14. The van der Waals surface area contributed by atoms with E-state index in [2.05, 4.69) is 31.2 Å². The maximum Gasteiger partial charge on any atom is 0.247 e. The number of hydrogen-bond donors (Lipinski definition) is 1. The van der Waals surface area contributed by atoms with Gasteiger partial charge in [-0.2, -0.15) is 5.10 Å². The highest BCUT2D eigenvalue weighted by Crippen LogP contribution is 2.25. The third-order valence-corrected chi connectivity index (χ3v) is 2.11. The molecule has 4 nitrogen and oxygen atoms in total. The Balaban J connectivity index is 2.37. The van der Waals surface area contributed by atoms with Gasteiger partial charge < -0.3 is 5.32 Å². The molecule has 0 atom stereocenters. The molecule has 0 spiro atoms. The van der Waals surface area contributed by atoms with Gasteiger partial charge in [0.2, 0.25) is 5.91 Å². The number of carbonyl (C=O) groups excluding carboxylic acids is 1. The number of amides is 1. The summed E-state index contributed by atoms with van der Waals surface area (Å²) < 4.78 is 1.71. The van der Waals surface area contributed by atoms with Gasteiger partial charge in [-0.3, -0.25) is 4.79 Å². The van der Waals surface area contributed by atoms with Crippen LogP contribution in [0.1, 0.15) is 26.5 Å². The molecule has 0 unspecified atom stereocenters. The van der Waals surface area contributed by atoms with Crippen LogP contribution >= 0.6 is 0 Å². The monoisotopic (exact) mass is 179 g/mol. The first kappa shape index (κ1) is 8.29. The van der Waals surface area contributed by atoms with Gasteiger partial charge in [-0.1, -0.05) is 20.8 Å². The molecule has 4 heteroatoms. The van der Waals surface area contributed by atoms with Crippen molar-refractivity contribution in [3.05, 3.63) is 11.8 Å². The van der Waals surface area contributed by atoms with Gasteiger partial charge in [0.15, 0.2) is 0 Å². The molecule has 0 bridgehead atoms. The number of rotatable bonds is 0. The Morgan fingerprint density at radius 3 is 2.77 bits per heavy atom. The minimum absolute atomic E-state index is 0.0166. The third-order valence-electron chi connectivity index (χ3n) is 2.11. The van der Waals surface area contributed by atoms with Crippen molar-refractivity contribution in [2.45, 2.75) is 32.7 Å². The predicted octanol–water partition coefficient (Wildman–Crippen LogP) is 1.13. The van der Waals surface area contributed by atoms with E-state index >= 15 is 0 Å². The highest BCUT2D eigenvalue weighted by molar-refractivity contribution is 5.93. The molecular formula is C9H13N3O. The maximum absolute atomic E-state index is 11.0. The molecule has 2 heterocycles. The van der Waals surface area contributed by atoms with Crippen LogP contribution in [0.15, 0.2) is 6.07 Å². The number of aromatic nitrogens is 2. The Labute approximate surface area is 76.9 Å². The quantitative estimate of drug-likeness (QED) is 0.649. The van der Waals surface area contributed by atoms with Crippen LogP contribution in [0.3, 0.4) is 0 Å². The van der Waals surface area contributed by atoms with Crippen molar-refractivity contribution in [2.24, 2.45) is 0 Å². The molecule has 1 N–H and O–H groups in total. The lowest BCUT2D eigenvalue weighted by molar-refractivity contribution is -0.116. The average Bonchev–Trinajstić information content (AvgIpc) is 2.40. The minimum Gasteiger partial charge on any atom is -0.309 e. The summed E-state index contributed by atoms with van der Waals surface area (Å²) in [6, 6.07) is 1.94. The Bertz CT molecular complexity index is 334. The molecule has 0 radical (unpaired) electrons. The zero-order valence-corrected chi connectivity index (χ0v) is 8.09. The molecule has 0 aromatic carbocycles. The van der Waals surface area contributed by atoms with Gasteiger partial charge in [0.05, 0.1) is 5.69 Å². The van der Waals surface area contributed by atoms with Crippen LogP contribution in [0, 0.1) is 0 Å². The number of fused-ring (bicyclic) bond motifs is 1. The summed E-state index contributed by atoms with van der Waals surface area (Å²) in [4.78, 5) is 11.0. The van der Waals surface area contributed by atoms with Crippen LogP contribution in [-0.4, -0.2) is 15.7 Å². The predicted molar refractivity (Wildman–Crippen MR) is 49.6 cm³/mol. The van der Waals surface area contributed by atoms with Crippen molar-refractivity contribution >= 4 is 11.7 Å². The number of hydrogen-bond acceptors (Lipinski definition) is 2. The first-order valence-corrected chi connectivity index (χ1v) is 4.35. The topological polar surface area (TPSA) is 46.9 Å². The van der Waals surface area contributed by atoms with E-state index in [9.17, 15) is 4.79 Å². The van der Waals surface area contributed by atoms with Crippen LogP contribution in [0.2, 0.25) is 0 Å². The smallest absolute Gasteiger partial charge is 0.247 e. The van der Waals surface area contributed by atoms with Crippen molar-refractivity contribution in [2.75, 3.05) is 5.32 Å². The van der Waals surface area contributed by atoms with E-state index in [4.69, 9.17) is 0 Å². The van der Waals surface area contributed by atoms with Crippen LogP contribution in [0.25, 0.3) is 0 Å². The zero-order valence-electron chi connectivity index (χ0n) is 8.09. The normalized spacial score (nSPS) is 15.8. The molecule has 70 valence electrons. The number of nitrogens with zero attached hydrogens (tertiary/aromatic N) is 2. The van der Waals surface area contributed by atoms with Crippen molar-refractivity contribution in [3.8, 4) is 0 Å². The molecule has 0 saturated carbocycles. The molecule has 1 amide bonds. The summed E-state index contributed by atoms with van der Waals surface area (Å²) in [5.74, 6) is 0.831. The van der Waals surface area contributed by atoms with Gasteiger partial charge in [0.1, 0.15) is 12.4 Å². The van der Waals surface area contributed by atoms with Gasteiger partial charge in [0, 0.05) is 11.5 Å².